The van der Waals surface area contributed by atoms with Gasteiger partial charge >= 0.3 is 0 Å². The Kier molecular flexibility index (Phi) is 54.5. The maximum Gasteiger partial charge on any atom is 0.143 e. The average molecular weight is 1720 g/mol. The summed E-state index contributed by atoms with van der Waals surface area (Å²) in [5.41, 5.74) is 14.1. The van der Waals surface area contributed by atoms with Crippen LogP contribution in [0, 0.1) is 16.2 Å². The summed E-state index contributed by atoms with van der Waals surface area (Å²) in [7, 11) is -2.92. The van der Waals surface area contributed by atoms with Gasteiger partial charge in [-0.15, -0.1) is 0 Å². The molecule has 9 aromatic carbocycles. The van der Waals surface area contributed by atoms with Gasteiger partial charge in [0.2, 0.25) is 0 Å². The molecular weight excluding hydrogens is 1540 g/mol. The number of nitrogens with zero attached hydrogens (tertiary/aromatic N) is 3. The zero-order chi connectivity index (χ0) is 91.3. The van der Waals surface area contributed by atoms with Crippen molar-refractivity contribution in [3.63, 3.8) is 0 Å². The van der Waals surface area contributed by atoms with E-state index >= 15 is 0 Å². The minimum Gasteiger partial charge on any atom is -0.907 e. The molecule has 0 saturated heterocycles. The lowest BCUT2D eigenvalue weighted by atomic mass is 9.71. The molecule has 6 nitrogen and oxygen atoms in total. The molecular formula is C120H180BN3O3. The summed E-state index contributed by atoms with van der Waals surface area (Å²) in [6, 6.07) is 104. The standard InChI is InChI=1S/3C40H60N.BO3/c3*1-5-9-24-36(31-22-23-35-40(32-10-6-2,33-11-7-3)34-12-8-4)41(37-25-16-13-17-26-37,38-27-18-14-19-28-38)39-29-20-15-21-30-39;2-1(3)4/h3*13-21,25-30,36H,5-12,22-24,31-35H2,1-4H3;/q3*+1;-3. The molecule has 0 N–H and O–H groups in total. The van der Waals surface area contributed by atoms with E-state index in [0.717, 1.165) is 13.4 Å². The van der Waals surface area contributed by atoms with Crippen molar-refractivity contribution in [3.05, 3.63) is 273 Å². The molecule has 127 heavy (non-hydrogen) atoms. The van der Waals surface area contributed by atoms with E-state index in [0.29, 0.717) is 34.4 Å². The summed E-state index contributed by atoms with van der Waals surface area (Å²) in [4.78, 5) is 0. The van der Waals surface area contributed by atoms with Crippen molar-refractivity contribution < 1.29 is 15.1 Å². The molecule has 0 radical (unpaired) electrons. The number of hydrogen-bond donors (Lipinski definition) is 0. The molecule has 3 unspecified atom stereocenters. The van der Waals surface area contributed by atoms with Gasteiger partial charge in [-0.05, 0) is 241 Å². The molecule has 0 aliphatic rings. The van der Waals surface area contributed by atoms with Gasteiger partial charge in [0, 0.05) is 38.5 Å². The molecule has 3 atom stereocenters. The van der Waals surface area contributed by atoms with Gasteiger partial charge < -0.3 is 15.1 Å². The highest BCUT2D eigenvalue weighted by Gasteiger charge is 2.47. The van der Waals surface area contributed by atoms with Crippen LogP contribution < -0.4 is 28.5 Å². The molecule has 0 aliphatic heterocycles. The molecule has 0 aromatic heterocycles. The van der Waals surface area contributed by atoms with E-state index in [4.69, 9.17) is 15.1 Å². The molecule has 0 bridgehead atoms. The second kappa shape index (κ2) is 63.8. The highest BCUT2D eigenvalue weighted by molar-refractivity contribution is 6.24. The van der Waals surface area contributed by atoms with Crippen LogP contribution in [0.4, 0.5) is 51.2 Å². The third-order valence-corrected chi connectivity index (χ3v) is 28.8. The number of quaternary nitrogens is 3. The van der Waals surface area contributed by atoms with Crippen LogP contribution in [0.1, 0.15) is 391 Å². The summed E-state index contributed by atoms with van der Waals surface area (Å²) in [6.07, 6.45) is 64.6. The van der Waals surface area contributed by atoms with E-state index in [1.807, 2.05) is 0 Å². The van der Waals surface area contributed by atoms with Crippen molar-refractivity contribution in [3.8, 4) is 0 Å². The summed E-state index contributed by atoms with van der Waals surface area (Å²) < 4.78 is 2.44. The Labute approximate surface area is 780 Å². The fraction of sp³-hybridized carbons (Fsp3) is 0.550. The van der Waals surface area contributed by atoms with Crippen LogP contribution in [-0.4, -0.2) is 25.4 Å². The highest BCUT2D eigenvalue weighted by atomic mass is 16.5. The average Bonchev–Trinajstić information content (AvgIpc) is 0.750. The van der Waals surface area contributed by atoms with Gasteiger partial charge in [-0.1, -0.05) is 401 Å². The molecule has 0 spiro atoms. The normalized spacial score (nSPS) is 12.7. The van der Waals surface area contributed by atoms with E-state index in [1.165, 1.54) is 359 Å². The fourth-order valence-electron chi connectivity index (χ4n) is 22.0. The third-order valence-electron chi connectivity index (χ3n) is 28.8. The first-order valence-corrected chi connectivity index (χ1v) is 52.4. The Balaban J connectivity index is 0.000000287. The van der Waals surface area contributed by atoms with Gasteiger partial charge in [-0.3, -0.25) is 7.32 Å². The Hall–Kier alpha value is -7.20. The number of hydrogen-bond acceptors (Lipinski definition) is 3. The predicted octanol–water partition coefficient (Wildman–Crippen LogP) is 36.1. The summed E-state index contributed by atoms with van der Waals surface area (Å²) in [6.45, 7) is 28.4. The van der Waals surface area contributed by atoms with Crippen LogP contribution in [0.3, 0.4) is 0 Å². The smallest absolute Gasteiger partial charge is 0.143 e. The van der Waals surface area contributed by atoms with E-state index in [-0.39, 0.29) is 0 Å². The maximum atomic E-state index is 8.42. The zero-order valence-electron chi connectivity index (χ0n) is 82.8. The minimum atomic E-state index is -2.92. The lowest BCUT2D eigenvalue weighted by Crippen LogP contribution is -2.56. The number of benzene rings is 9. The first-order valence-electron chi connectivity index (χ1n) is 52.4. The highest BCUT2D eigenvalue weighted by Crippen LogP contribution is 2.54. The number of rotatable bonds is 63. The maximum absolute atomic E-state index is 8.42. The van der Waals surface area contributed by atoms with E-state index in [2.05, 4.69) is 356 Å². The van der Waals surface area contributed by atoms with Gasteiger partial charge in [0.1, 0.15) is 69.3 Å². The Morgan fingerprint density at radius 2 is 0.283 bits per heavy atom. The minimum absolute atomic E-state index is 0.499. The largest absolute Gasteiger partial charge is 0.907 e. The number of unbranched alkanes of at least 4 members (excludes halogenated alkanes) is 15. The summed E-state index contributed by atoms with van der Waals surface area (Å²) >= 11 is 0. The zero-order valence-corrected chi connectivity index (χ0v) is 82.8. The quantitative estimate of drug-likeness (QED) is 0.0217. The van der Waals surface area contributed by atoms with Crippen LogP contribution in [0.25, 0.3) is 0 Å². The Bertz CT molecular complexity index is 3270. The summed E-state index contributed by atoms with van der Waals surface area (Å²) in [5, 5.41) is 25.2. The molecule has 0 amide bonds. The van der Waals surface area contributed by atoms with Crippen LogP contribution in [-0.2, 0) is 0 Å². The fourth-order valence-corrected chi connectivity index (χ4v) is 22.0. The summed E-state index contributed by atoms with van der Waals surface area (Å²) in [5.74, 6) is 0. The van der Waals surface area contributed by atoms with Crippen LogP contribution in [0.15, 0.2) is 273 Å². The Morgan fingerprint density at radius 3 is 0.402 bits per heavy atom. The van der Waals surface area contributed by atoms with Gasteiger partial charge in [0.25, 0.3) is 0 Å². The lowest BCUT2D eigenvalue weighted by Gasteiger charge is -2.44. The second-order valence-electron chi connectivity index (χ2n) is 38.0. The van der Waals surface area contributed by atoms with E-state index < -0.39 is 7.32 Å². The Morgan fingerprint density at radius 1 is 0.173 bits per heavy atom. The number of para-hydroxylation sites is 9. The van der Waals surface area contributed by atoms with Crippen molar-refractivity contribution in [2.75, 3.05) is 0 Å². The third kappa shape index (κ3) is 34.2. The first-order chi connectivity index (χ1) is 62.2. The molecule has 9 rings (SSSR count). The van der Waals surface area contributed by atoms with Crippen molar-refractivity contribution in [1.82, 2.24) is 13.4 Å². The van der Waals surface area contributed by atoms with Crippen molar-refractivity contribution in [1.29, 1.82) is 0 Å². The first kappa shape index (κ1) is 109. The second-order valence-corrected chi connectivity index (χ2v) is 38.0. The van der Waals surface area contributed by atoms with Crippen molar-refractivity contribution in [2.45, 2.75) is 409 Å². The molecule has 0 heterocycles. The monoisotopic (exact) mass is 1720 g/mol. The van der Waals surface area contributed by atoms with Gasteiger partial charge in [-0.2, -0.15) is 0 Å². The predicted molar refractivity (Wildman–Crippen MR) is 555 cm³/mol. The van der Waals surface area contributed by atoms with Crippen molar-refractivity contribution >= 4 is 58.5 Å². The van der Waals surface area contributed by atoms with Gasteiger partial charge in [-0.25, -0.2) is 13.4 Å². The van der Waals surface area contributed by atoms with Gasteiger partial charge in [0.05, 0.1) is 0 Å². The van der Waals surface area contributed by atoms with E-state index in [9.17, 15) is 0 Å². The van der Waals surface area contributed by atoms with Crippen LogP contribution >= 0.6 is 0 Å². The van der Waals surface area contributed by atoms with Crippen molar-refractivity contribution in [2.24, 2.45) is 16.2 Å². The van der Waals surface area contributed by atoms with Crippen LogP contribution in [0.5, 0.6) is 0 Å². The molecule has 0 fully saturated rings. The van der Waals surface area contributed by atoms with E-state index in [1.54, 1.807) is 0 Å². The molecule has 0 aliphatic carbocycles. The van der Waals surface area contributed by atoms with Crippen LogP contribution in [0.2, 0.25) is 0 Å². The topological polar surface area (TPSA) is 69.2 Å². The molecule has 696 valence electrons. The molecule has 7 heteroatoms. The lowest BCUT2D eigenvalue weighted by molar-refractivity contribution is -0.479. The molecule has 0 saturated carbocycles. The SMILES string of the molecule is CCCCC(CCCCC(CCCC)(CCCC)CCCC)[N+](c1ccccc1)(c1ccccc1)c1ccccc1.CCCCC(CCCCC(CCCC)(CCCC)CCCC)[N+](c1ccccc1)(c1ccccc1)c1ccccc1.CCCCC(CCCCC(CCCC)(CCCC)CCCC)[N+](c1ccccc1)(c1ccccc1)c1ccccc1.[O-]B([O-])[O-]. The van der Waals surface area contributed by atoms with Gasteiger partial charge in [0.15, 0.2) is 0 Å². The molecule has 9 aromatic rings.